The second-order valence-corrected chi connectivity index (χ2v) is 11.5. The van der Waals surface area contributed by atoms with Crippen molar-refractivity contribution in [1.82, 2.24) is 0 Å². The molecule has 0 aromatic rings. The number of ether oxygens (including phenoxy) is 1. The average molecular weight is 375 g/mol. The molecule has 27 heavy (non-hydrogen) atoms. The number of fused-ring (bicyclic) bond motifs is 2. The van der Waals surface area contributed by atoms with E-state index in [1.807, 2.05) is 0 Å². The smallest absolute Gasteiger partial charge is 0.315 e. The van der Waals surface area contributed by atoms with Crippen LogP contribution in [0.2, 0.25) is 0 Å². The van der Waals surface area contributed by atoms with Gasteiger partial charge in [0.25, 0.3) is 0 Å². The molecule has 2 saturated heterocycles. The van der Waals surface area contributed by atoms with Gasteiger partial charge in [-0.1, -0.05) is 39.8 Å². The van der Waals surface area contributed by atoms with Crippen LogP contribution in [0.1, 0.15) is 72.6 Å². The number of nitrogens with one attached hydrogen (secondary N) is 1. The van der Waals surface area contributed by atoms with Crippen molar-refractivity contribution >= 4 is 5.97 Å². The van der Waals surface area contributed by atoms with Crippen LogP contribution in [-0.4, -0.2) is 31.7 Å². The summed E-state index contributed by atoms with van der Waals surface area (Å²) < 4.78 is 5.99. The van der Waals surface area contributed by atoms with Gasteiger partial charge >= 0.3 is 5.97 Å². The van der Waals surface area contributed by atoms with Crippen LogP contribution in [0.25, 0.3) is 0 Å². The highest BCUT2D eigenvalue weighted by atomic mass is 16.6. The van der Waals surface area contributed by atoms with E-state index in [-0.39, 0.29) is 18.0 Å². The first kappa shape index (κ1) is 19.5. The SMILES string of the molecule is C=C1CCC[C@]2(C)C[C@H]3OC(=O)[C@H](C[NH+]4CC[C@H](C)CC(C)(C)C4)[C@H]3C[C@@H]12. The predicted octanol–water partition coefficient (Wildman–Crippen LogP) is 3.64. The van der Waals surface area contributed by atoms with Crippen LogP contribution in [0.15, 0.2) is 12.2 Å². The molecule has 0 aromatic carbocycles. The molecule has 7 atom stereocenters. The topological polar surface area (TPSA) is 30.7 Å². The first-order valence-electron chi connectivity index (χ1n) is 11.4. The summed E-state index contributed by atoms with van der Waals surface area (Å²) in [5.41, 5.74) is 2.12. The highest BCUT2D eigenvalue weighted by Gasteiger charge is 2.56. The second kappa shape index (κ2) is 6.90. The lowest BCUT2D eigenvalue weighted by Crippen LogP contribution is -3.13. The number of rotatable bonds is 2. The lowest BCUT2D eigenvalue weighted by molar-refractivity contribution is -0.907. The van der Waals surface area contributed by atoms with Crippen molar-refractivity contribution in [3.05, 3.63) is 12.2 Å². The van der Waals surface area contributed by atoms with E-state index in [4.69, 9.17) is 4.74 Å². The van der Waals surface area contributed by atoms with Gasteiger partial charge in [-0.3, -0.25) is 4.79 Å². The molecule has 4 fully saturated rings. The molecule has 1 N–H and O–H groups in total. The van der Waals surface area contributed by atoms with E-state index >= 15 is 0 Å². The van der Waals surface area contributed by atoms with Crippen molar-refractivity contribution in [2.45, 2.75) is 78.7 Å². The standard InChI is InChI=1S/C24H39NO2/c1-16-8-10-25(15-23(3,4)12-16)14-19-18-11-20-17(2)7-6-9-24(20,5)13-21(18)27-22(19)26/h16,18-21H,2,6-15H2,1,3-5H3/p+1/t16-,18+,19+,20-,21+,24+/m0/s1. The number of hydrogen-bond acceptors (Lipinski definition) is 2. The molecular weight excluding hydrogens is 334 g/mol. The lowest BCUT2D eigenvalue weighted by Gasteiger charge is -2.50. The summed E-state index contributed by atoms with van der Waals surface area (Å²) in [4.78, 5) is 14.5. The molecule has 4 rings (SSSR count). The van der Waals surface area contributed by atoms with E-state index in [0.717, 1.165) is 25.3 Å². The number of esters is 1. The Balaban J connectivity index is 1.49. The molecule has 152 valence electrons. The van der Waals surface area contributed by atoms with Gasteiger partial charge in [0.15, 0.2) is 0 Å². The maximum Gasteiger partial charge on any atom is 0.315 e. The predicted molar refractivity (Wildman–Crippen MR) is 108 cm³/mol. The molecule has 2 aliphatic carbocycles. The minimum atomic E-state index is 0.0976. The Morgan fingerprint density at radius 1 is 1.26 bits per heavy atom. The van der Waals surface area contributed by atoms with Gasteiger partial charge in [0.1, 0.15) is 12.0 Å². The van der Waals surface area contributed by atoms with Crippen LogP contribution in [0.3, 0.4) is 0 Å². The van der Waals surface area contributed by atoms with Crippen LogP contribution in [0.5, 0.6) is 0 Å². The highest BCUT2D eigenvalue weighted by Crippen LogP contribution is 2.56. The first-order chi connectivity index (χ1) is 12.7. The molecule has 2 saturated carbocycles. The molecule has 4 aliphatic rings. The molecule has 0 spiro atoms. The number of likely N-dealkylation sites (tertiary alicyclic amines) is 1. The zero-order chi connectivity index (χ0) is 19.4. The van der Waals surface area contributed by atoms with Crippen molar-refractivity contribution in [1.29, 1.82) is 0 Å². The average Bonchev–Trinajstić information content (AvgIpc) is 2.76. The monoisotopic (exact) mass is 374 g/mol. The van der Waals surface area contributed by atoms with Gasteiger partial charge in [0.2, 0.25) is 0 Å². The quantitative estimate of drug-likeness (QED) is 0.591. The van der Waals surface area contributed by atoms with Gasteiger partial charge in [0, 0.05) is 11.3 Å². The summed E-state index contributed by atoms with van der Waals surface area (Å²) in [5.74, 6) is 2.01. The van der Waals surface area contributed by atoms with Crippen molar-refractivity contribution in [2.75, 3.05) is 19.6 Å². The maximum atomic E-state index is 12.9. The molecule has 2 aliphatic heterocycles. The molecule has 2 heterocycles. The molecular formula is C24H40NO2+. The summed E-state index contributed by atoms with van der Waals surface area (Å²) >= 11 is 0. The van der Waals surface area contributed by atoms with Crippen LogP contribution in [-0.2, 0) is 9.53 Å². The highest BCUT2D eigenvalue weighted by molar-refractivity contribution is 5.75. The number of allylic oxidation sites excluding steroid dienone is 1. The number of carbonyl (C=O) groups is 1. The number of quaternary nitrogens is 1. The normalized spacial score (nSPS) is 47.0. The maximum absolute atomic E-state index is 12.9. The molecule has 0 amide bonds. The Kier molecular flexibility index (Phi) is 4.98. The van der Waals surface area contributed by atoms with E-state index in [9.17, 15) is 4.79 Å². The summed E-state index contributed by atoms with van der Waals surface area (Å²) in [6, 6.07) is 0. The molecule has 3 heteroatoms. The third kappa shape index (κ3) is 3.73. The van der Waals surface area contributed by atoms with Gasteiger partial charge in [-0.15, -0.1) is 0 Å². The van der Waals surface area contributed by atoms with Gasteiger partial charge in [-0.05, 0) is 62.2 Å². The van der Waals surface area contributed by atoms with E-state index in [2.05, 4.69) is 34.3 Å². The van der Waals surface area contributed by atoms with Crippen molar-refractivity contribution < 1.29 is 14.4 Å². The zero-order valence-electron chi connectivity index (χ0n) is 18.0. The summed E-state index contributed by atoms with van der Waals surface area (Å²) in [5, 5.41) is 0. The first-order valence-corrected chi connectivity index (χ1v) is 11.4. The van der Waals surface area contributed by atoms with Gasteiger partial charge in [0.05, 0.1) is 19.6 Å². The Hall–Kier alpha value is -0.830. The van der Waals surface area contributed by atoms with Gasteiger partial charge in [-0.2, -0.15) is 0 Å². The Labute approximate surface area is 165 Å². The van der Waals surface area contributed by atoms with Crippen molar-refractivity contribution in [3.63, 3.8) is 0 Å². The summed E-state index contributed by atoms with van der Waals surface area (Å²) in [6.45, 7) is 17.4. The lowest BCUT2D eigenvalue weighted by atomic mass is 9.55. The minimum absolute atomic E-state index is 0.0976. The minimum Gasteiger partial charge on any atom is -0.462 e. The summed E-state index contributed by atoms with van der Waals surface area (Å²) in [6.07, 6.45) is 8.64. The number of carbonyl (C=O) groups excluding carboxylic acids is 1. The molecule has 0 bridgehead atoms. The molecule has 0 aromatic heterocycles. The van der Waals surface area contributed by atoms with E-state index in [1.165, 1.54) is 50.8 Å². The summed E-state index contributed by atoms with van der Waals surface area (Å²) in [7, 11) is 0. The second-order valence-electron chi connectivity index (χ2n) is 11.5. The molecule has 0 radical (unpaired) electrons. The largest absolute Gasteiger partial charge is 0.462 e. The Bertz CT molecular complexity index is 612. The van der Waals surface area contributed by atoms with Crippen LogP contribution >= 0.6 is 0 Å². The number of hydrogen-bond donors (Lipinski definition) is 1. The zero-order valence-corrected chi connectivity index (χ0v) is 18.0. The fourth-order valence-electron chi connectivity index (χ4n) is 7.31. The third-order valence-corrected chi connectivity index (χ3v) is 8.45. The third-order valence-electron chi connectivity index (χ3n) is 8.45. The fraction of sp³-hybridized carbons (Fsp3) is 0.875. The molecule has 1 unspecified atom stereocenters. The van der Waals surface area contributed by atoms with Crippen LogP contribution in [0, 0.1) is 34.5 Å². The Morgan fingerprint density at radius 2 is 2.04 bits per heavy atom. The molecule has 3 nitrogen and oxygen atoms in total. The van der Waals surface area contributed by atoms with E-state index < -0.39 is 0 Å². The van der Waals surface area contributed by atoms with Crippen LogP contribution < -0.4 is 4.90 Å². The van der Waals surface area contributed by atoms with Gasteiger partial charge < -0.3 is 9.64 Å². The van der Waals surface area contributed by atoms with Crippen molar-refractivity contribution in [2.24, 2.45) is 34.5 Å². The Morgan fingerprint density at radius 3 is 2.81 bits per heavy atom. The van der Waals surface area contributed by atoms with E-state index in [1.54, 1.807) is 4.90 Å². The fourth-order valence-corrected chi connectivity index (χ4v) is 7.31. The van der Waals surface area contributed by atoms with Gasteiger partial charge in [-0.25, -0.2) is 0 Å². The van der Waals surface area contributed by atoms with E-state index in [0.29, 0.717) is 22.7 Å². The van der Waals surface area contributed by atoms with Crippen LogP contribution in [0.4, 0.5) is 0 Å². The van der Waals surface area contributed by atoms with Crippen molar-refractivity contribution in [3.8, 4) is 0 Å².